The molecule has 0 aliphatic heterocycles. The van der Waals surface area contributed by atoms with Gasteiger partial charge >= 0.3 is 5.97 Å². The molecule has 0 saturated heterocycles. The van der Waals surface area contributed by atoms with Gasteiger partial charge in [0.15, 0.2) is 5.69 Å². The van der Waals surface area contributed by atoms with Crippen molar-refractivity contribution in [2.75, 3.05) is 6.61 Å². The van der Waals surface area contributed by atoms with Gasteiger partial charge in [-0.3, -0.25) is 9.59 Å². The van der Waals surface area contributed by atoms with Gasteiger partial charge in [-0.2, -0.15) is 9.78 Å². The number of carbonyl (C=O) groups excluding carboxylic acids is 1. The van der Waals surface area contributed by atoms with Crippen LogP contribution in [0, 0.1) is 11.7 Å². The predicted molar refractivity (Wildman–Crippen MR) is 133 cm³/mol. The molecule has 0 spiro atoms. The van der Waals surface area contributed by atoms with Crippen LogP contribution in [0.1, 0.15) is 49.3 Å². The number of halogens is 3. The maximum atomic E-state index is 14.6. The van der Waals surface area contributed by atoms with Crippen LogP contribution in [0.25, 0.3) is 5.69 Å². The third kappa shape index (κ3) is 6.54. The van der Waals surface area contributed by atoms with Gasteiger partial charge in [0.05, 0.1) is 18.1 Å². The molecule has 1 amide bonds. The fraction of sp³-hybridized carbons (Fsp3) is 0.320. The Kier molecular flexibility index (Phi) is 8.60. The van der Waals surface area contributed by atoms with E-state index in [2.05, 4.69) is 10.4 Å². The van der Waals surface area contributed by atoms with E-state index in [4.69, 9.17) is 27.9 Å². The van der Waals surface area contributed by atoms with Gasteiger partial charge in [-0.25, -0.2) is 4.39 Å². The summed E-state index contributed by atoms with van der Waals surface area (Å²) in [5.41, 5.74) is -0.976. The van der Waals surface area contributed by atoms with E-state index in [1.54, 1.807) is 13.0 Å². The van der Waals surface area contributed by atoms with Crippen molar-refractivity contribution in [3.05, 3.63) is 75.7 Å². The third-order valence-corrected chi connectivity index (χ3v) is 6.33. The molecule has 8 nitrogen and oxygen atoms in total. The Balaban J connectivity index is 1.96. The molecule has 0 unspecified atom stereocenters. The summed E-state index contributed by atoms with van der Waals surface area (Å²) in [6.07, 6.45) is -0.457. The number of aliphatic hydroxyl groups is 1. The highest BCUT2D eigenvalue weighted by atomic mass is 35.5. The van der Waals surface area contributed by atoms with Crippen molar-refractivity contribution >= 4 is 35.1 Å². The highest BCUT2D eigenvalue weighted by Gasteiger charge is 2.28. The topological polar surface area (TPSA) is 114 Å². The molecule has 192 valence electrons. The average Bonchev–Trinajstić information content (AvgIpc) is 3.21. The van der Waals surface area contributed by atoms with Crippen LogP contribution in [0.5, 0.6) is 5.88 Å². The molecule has 11 heteroatoms. The molecule has 0 bridgehead atoms. The summed E-state index contributed by atoms with van der Waals surface area (Å²) in [7, 11) is 0. The molecule has 0 aliphatic rings. The number of nitrogens with one attached hydrogen (secondary N) is 1. The molecule has 3 rings (SSSR count). The molecular weight excluding hydrogens is 512 g/mol. The van der Waals surface area contributed by atoms with Gasteiger partial charge in [0, 0.05) is 16.1 Å². The van der Waals surface area contributed by atoms with Crippen LogP contribution in [0.4, 0.5) is 4.39 Å². The van der Waals surface area contributed by atoms with E-state index in [9.17, 15) is 24.2 Å². The third-order valence-electron chi connectivity index (χ3n) is 5.77. The number of amides is 1. The molecule has 1 heterocycles. The zero-order chi connectivity index (χ0) is 26.6. The lowest BCUT2D eigenvalue weighted by Crippen LogP contribution is -2.38. The summed E-state index contributed by atoms with van der Waals surface area (Å²) in [6, 6.07) is 10.6. The van der Waals surface area contributed by atoms with Gasteiger partial charge in [0.1, 0.15) is 18.1 Å². The minimum Gasteiger partial charge on any atom is -0.481 e. The largest absolute Gasteiger partial charge is 0.481 e. The molecule has 2 aromatic carbocycles. The van der Waals surface area contributed by atoms with E-state index in [0.29, 0.717) is 10.6 Å². The average molecular weight is 538 g/mol. The minimum atomic E-state index is -1.20. The monoisotopic (exact) mass is 537 g/mol. The lowest BCUT2D eigenvalue weighted by molar-refractivity contribution is -0.137. The predicted octanol–water partition coefficient (Wildman–Crippen LogP) is 5.05. The number of carboxylic acids is 1. The summed E-state index contributed by atoms with van der Waals surface area (Å²) in [5, 5.41) is 27.3. The van der Waals surface area contributed by atoms with E-state index in [-0.39, 0.29) is 34.8 Å². The highest BCUT2D eigenvalue weighted by Crippen LogP contribution is 2.29. The lowest BCUT2D eigenvalue weighted by atomic mass is 9.94. The standard InChI is InChI=1S/C25H26Cl2FN3O5/c1-14(2)25(3,35)13-36-22-11-20(30-31(22)21-7-5-4-6-18(21)28)24(34)29-19(12-23(32)33)16-9-8-15(26)10-17(16)27/h4-11,14,19,35H,12-13H2,1-3H3,(H,29,34)(H,32,33)/t19-,25+/m0/s1. The minimum absolute atomic E-state index is 0.0190. The van der Waals surface area contributed by atoms with Gasteiger partial charge in [-0.1, -0.05) is 55.2 Å². The van der Waals surface area contributed by atoms with Gasteiger partial charge < -0.3 is 20.3 Å². The summed E-state index contributed by atoms with van der Waals surface area (Å²) >= 11 is 12.2. The summed E-state index contributed by atoms with van der Waals surface area (Å²) in [4.78, 5) is 24.6. The molecule has 0 radical (unpaired) electrons. The number of para-hydroxylation sites is 1. The number of benzene rings is 2. The first-order chi connectivity index (χ1) is 16.9. The first-order valence-electron chi connectivity index (χ1n) is 11.1. The zero-order valence-electron chi connectivity index (χ0n) is 19.8. The van der Waals surface area contributed by atoms with Gasteiger partial charge in [-0.15, -0.1) is 0 Å². The Morgan fingerprint density at radius 2 is 1.89 bits per heavy atom. The molecule has 36 heavy (non-hydrogen) atoms. The Hall–Kier alpha value is -3.14. The number of hydrogen-bond donors (Lipinski definition) is 3. The van der Waals surface area contributed by atoms with E-state index in [1.165, 1.54) is 42.5 Å². The van der Waals surface area contributed by atoms with Crippen LogP contribution < -0.4 is 10.1 Å². The second-order valence-electron chi connectivity index (χ2n) is 8.82. The molecule has 3 N–H and O–H groups in total. The molecule has 3 aromatic rings. The van der Waals surface area contributed by atoms with Crippen LogP contribution >= 0.6 is 23.2 Å². The van der Waals surface area contributed by atoms with Crippen LogP contribution in [-0.2, 0) is 4.79 Å². The van der Waals surface area contributed by atoms with E-state index in [1.807, 2.05) is 13.8 Å². The van der Waals surface area contributed by atoms with Crippen molar-refractivity contribution < 1.29 is 28.9 Å². The number of ether oxygens (including phenoxy) is 1. The van der Waals surface area contributed by atoms with Crippen molar-refractivity contribution in [3.63, 3.8) is 0 Å². The summed E-state index contributed by atoms with van der Waals surface area (Å²) in [6.45, 7) is 5.09. The number of rotatable bonds is 10. The van der Waals surface area contributed by atoms with E-state index >= 15 is 0 Å². The van der Waals surface area contributed by atoms with Crippen LogP contribution in [-0.4, -0.2) is 44.1 Å². The van der Waals surface area contributed by atoms with Crippen molar-refractivity contribution in [3.8, 4) is 11.6 Å². The number of aliphatic carboxylic acids is 1. The number of nitrogens with zero attached hydrogens (tertiary/aromatic N) is 2. The van der Waals surface area contributed by atoms with Crippen LogP contribution in [0.2, 0.25) is 10.0 Å². The van der Waals surface area contributed by atoms with Crippen LogP contribution in [0.15, 0.2) is 48.5 Å². The Bertz CT molecular complexity index is 1260. The first kappa shape index (κ1) is 27.4. The molecule has 0 aliphatic carbocycles. The molecule has 2 atom stereocenters. The van der Waals surface area contributed by atoms with Crippen LogP contribution in [0.3, 0.4) is 0 Å². The second-order valence-corrected chi connectivity index (χ2v) is 9.66. The van der Waals surface area contributed by atoms with E-state index < -0.39 is 35.8 Å². The van der Waals surface area contributed by atoms with Crippen molar-refractivity contribution in [1.82, 2.24) is 15.1 Å². The van der Waals surface area contributed by atoms with Gasteiger partial charge in [0.25, 0.3) is 5.91 Å². The smallest absolute Gasteiger partial charge is 0.305 e. The lowest BCUT2D eigenvalue weighted by Gasteiger charge is -2.27. The number of aromatic nitrogens is 2. The highest BCUT2D eigenvalue weighted by molar-refractivity contribution is 6.35. The maximum Gasteiger partial charge on any atom is 0.305 e. The van der Waals surface area contributed by atoms with Crippen molar-refractivity contribution in [2.45, 2.75) is 38.8 Å². The Morgan fingerprint density at radius 1 is 1.19 bits per heavy atom. The zero-order valence-corrected chi connectivity index (χ0v) is 21.3. The SMILES string of the molecule is CC(C)[C@](C)(O)COc1cc(C(=O)N[C@@H](CC(=O)O)c2ccc(Cl)cc2Cl)nn1-c1ccccc1F. The normalized spacial score (nSPS) is 13.8. The maximum absolute atomic E-state index is 14.6. The number of carbonyl (C=O) groups is 2. The molecular formula is C25H26Cl2FN3O5. The molecule has 0 fully saturated rings. The van der Waals surface area contributed by atoms with E-state index in [0.717, 1.165) is 4.68 Å². The first-order valence-corrected chi connectivity index (χ1v) is 11.8. The fourth-order valence-electron chi connectivity index (χ4n) is 3.19. The second kappa shape index (κ2) is 11.3. The summed E-state index contributed by atoms with van der Waals surface area (Å²) < 4.78 is 21.4. The Morgan fingerprint density at radius 3 is 2.50 bits per heavy atom. The summed E-state index contributed by atoms with van der Waals surface area (Å²) in [5.74, 6) is -2.63. The fourth-order valence-corrected chi connectivity index (χ4v) is 3.73. The number of carboxylic acid groups (broad SMARTS) is 1. The molecule has 1 aromatic heterocycles. The van der Waals surface area contributed by atoms with Crippen molar-refractivity contribution in [2.24, 2.45) is 5.92 Å². The Labute approximate surface area is 217 Å². The van der Waals surface area contributed by atoms with Gasteiger partial charge in [-0.05, 0) is 42.7 Å². The van der Waals surface area contributed by atoms with Crippen molar-refractivity contribution in [1.29, 1.82) is 0 Å². The molecule has 0 saturated carbocycles. The quantitative estimate of drug-likeness (QED) is 0.333. The number of hydrogen-bond acceptors (Lipinski definition) is 5. The van der Waals surface area contributed by atoms with Gasteiger partial charge in [0.2, 0.25) is 5.88 Å².